The number of hydrogen-bond acceptors (Lipinski definition) is 4. The van der Waals surface area contributed by atoms with Gasteiger partial charge in [-0.1, -0.05) is 48.8 Å². The third-order valence-corrected chi connectivity index (χ3v) is 4.18. The molecule has 0 aliphatic heterocycles. The highest BCUT2D eigenvalue weighted by Crippen LogP contribution is 2.23. The van der Waals surface area contributed by atoms with Crippen LogP contribution in [0.25, 0.3) is 0 Å². The van der Waals surface area contributed by atoms with Gasteiger partial charge in [0.05, 0.1) is 11.7 Å². The van der Waals surface area contributed by atoms with E-state index >= 15 is 0 Å². The normalized spacial score (nSPS) is 12.7. The van der Waals surface area contributed by atoms with Gasteiger partial charge in [0.25, 0.3) is 5.91 Å². The van der Waals surface area contributed by atoms with E-state index in [1.807, 2.05) is 27.9 Å². The molecule has 0 bridgehead atoms. The van der Waals surface area contributed by atoms with E-state index in [0.29, 0.717) is 23.6 Å². The molecular formula is C19H27N3O2. The van der Waals surface area contributed by atoms with Crippen LogP contribution in [0.15, 0.2) is 28.8 Å². The fraction of sp³-hybridized carbons (Fsp3) is 0.474. The maximum atomic E-state index is 12.6. The second-order valence-corrected chi connectivity index (χ2v) is 6.76. The van der Waals surface area contributed by atoms with Crippen molar-refractivity contribution in [1.29, 1.82) is 0 Å². The van der Waals surface area contributed by atoms with Crippen LogP contribution in [0.3, 0.4) is 0 Å². The molecule has 0 aliphatic carbocycles. The van der Waals surface area contributed by atoms with Crippen molar-refractivity contribution in [3.8, 4) is 0 Å². The predicted molar refractivity (Wildman–Crippen MR) is 95.3 cm³/mol. The van der Waals surface area contributed by atoms with Crippen LogP contribution in [0.1, 0.15) is 58.7 Å². The standard InChI is InChI=1S/C19H27N3O2/c1-12(2)18-17(14(4)21-24-18)19(23)20-11-16(22(5)6)15-9-7-13(3)8-10-15/h7-10,12,16H,11H2,1-6H3,(H,20,23)/t16-/m0/s1. The number of nitrogens with one attached hydrogen (secondary N) is 1. The molecular weight excluding hydrogens is 302 g/mol. The smallest absolute Gasteiger partial charge is 0.256 e. The fourth-order valence-corrected chi connectivity index (χ4v) is 2.72. The van der Waals surface area contributed by atoms with Crippen molar-refractivity contribution in [2.75, 3.05) is 20.6 Å². The quantitative estimate of drug-likeness (QED) is 0.882. The van der Waals surface area contributed by atoms with Crippen LogP contribution in [0.4, 0.5) is 0 Å². The third-order valence-electron chi connectivity index (χ3n) is 4.18. The molecule has 0 radical (unpaired) electrons. The summed E-state index contributed by atoms with van der Waals surface area (Å²) < 4.78 is 5.31. The highest BCUT2D eigenvalue weighted by molar-refractivity contribution is 5.96. The number of benzene rings is 1. The molecule has 1 aromatic carbocycles. The van der Waals surface area contributed by atoms with Crippen molar-refractivity contribution in [2.24, 2.45) is 0 Å². The minimum Gasteiger partial charge on any atom is -0.360 e. The van der Waals surface area contributed by atoms with Gasteiger partial charge in [-0.2, -0.15) is 0 Å². The minimum atomic E-state index is -0.128. The van der Waals surface area contributed by atoms with Crippen LogP contribution in [-0.4, -0.2) is 36.6 Å². The lowest BCUT2D eigenvalue weighted by molar-refractivity contribution is 0.0939. The van der Waals surface area contributed by atoms with Crippen LogP contribution in [0.5, 0.6) is 0 Å². The Labute approximate surface area is 144 Å². The molecule has 1 N–H and O–H groups in total. The molecule has 0 saturated carbocycles. The number of aryl methyl sites for hydroxylation is 2. The summed E-state index contributed by atoms with van der Waals surface area (Å²) in [4.78, 5) is 14.7. The van der Waals surface area contributed by atoms with Crippen LogP contribution in [-0.2, 0) is 0 Å². The number of nitrogens with zero attached hydrogens (tertiary/aromatic N) is 2. The molecule has 24 heavy (non-hydrogen) atoms. The summed E-state index contributed by atoms with van der Waals surface area (Å²) in [6.07, 6.45) is 0. The first-order chi connectivity index (χ1) is 11.3. The molecule has 5 nitrogen and oxygen atoms in total. The molecule has 0 fully saturated rings. The van der Waals surface area contributed by atoms with Crippen LogP contribution in [0, 0.1) is 13.8 Å². The molecule has 2 aromatic rings. The van der Waals surface area contributed by atoms with Gasteiger partial charge < -0.3 is 14.7 Å². The second-order valence-electron chi connectivity index (χ2n) is 6.76. The molecule has 1 aromatic heterocycles. The molecule has 0 spiro atoms. The topological polar surface area (TPSA) is 58.4 Å². The summed E-state index contributed by atoms with van der Waals surface area (Å²) in [5, 5.41) is 6.98. The highest BCUT2D eigenvalue weighted by Gasteiger charge is 2.23. The lowest BCUT2D eigenvalue weighted by Gasteiger charge is -2.25. The molecule has 2 rings (SSSR count). The Kier molecular flexibility index (Phi) is 5.78. The lowest BCUT2D eigenvalue weighted by Crippen LogP contribution is -2.35. The first-order valence-corrected chi connectivity index (χ1v) is 8.28. The van der Waals surface area contributed by atoms with Crippen molar-refractivity contribution in [2.45, 2.75) is 39.7 Å². The number of carbonyl (C=O) groups is 1. The van der Waals surface area contributed by atoms with Gasteiger partial charge in [0, 0.05) is 12.5 Å². The zero-order chi connectivity index (χ0) is 17.9. The zero-order valence-electron chi connectivity index (χ0n) is 15.4. The summed E-state index contributed by atoms with van der Waals surface area (Å²) in [5.74, 6) is 0.631. The van der Waals surface area contributed by atoms with Crippen molar-refractivity contribution < 1.29 is 9.32 Å². The summed E-state index contributed by atoms with van der Waals surface area (Å²) in [6.45, 7) is 8.38. The van der Waals surface area contributed by atoms with E-state index in [0.717, 1.165) is 0 Å². The van der Waals surface area contributed by atoms with E-state index in [1.54, 1.807) is 6.92 Å². The third kappa shape index (κ3) is 4.03. The van der Waals surface area contributed by atoms with Gasteiger partial charge in [-0.25, -0.2) is 0 Å². The molecule has 0 unspecified atom stereocenters. The largest absolute Gasteiger partial charge is 0.360 e. The van der Waals surface area contributed by atoms with Gasteiger partial charge >= 0.3 is 0 Å². The Morgan fingerprint density at radius 1 is 1.21 bits per heavy atom. The van der Waals surface area contributed by atoms with Gasteiger partial charge in [0.2, 0.25) is 0 Å². The van der Waals surface area contributed by atoms with E-state index in [9.17, 15) is 4.79 Å². The maximum Gasteiger partial charge on any atom is 0.256 e. The summed E-state index contributed by atoms with van der Waals surface area (Å²) in [7, 11) is 4.03. The summed E-state index contributed by atoms with van der Waals surface area (Å²) >= 11 is 0. The van der Waals surface area contributed by atoms with Gasteiger partial charge in [-0.3, -0.25) is 4.79 Å². The Hall–Kier alpha value is -2.14. The highest BCUT2D eigenvalue weighted by atomic mass is 16.5. The summed E-state index contributed by atoms with van der Waals surface area (Å²) in [5.41, 5.74) is 3.60. The number of hydrogen-bond donors (Lipinski definition) is 1. The van der Waals surface area contributed by atoms with Crippen LogP contribution in [0.2, 0.25) is 0 Å². The average molecular weight is 329 g/mol. The van der Waals surface area contributed by atoms with Crippen molar-refractivity contribution in [3.63, 3.8) is 0 Å². The lowest BCUT2D eigenvalue weighted by atomic mass is 10.0. The predicted octanol–water partition coefficient (Wildman–Crippen LogP) is 3.45. The van der Waals surface area contributed by atoms with Crippen molar-refractivity contribution in [3.05, 3.63) is 52.4 Å². The number of aromatic nitrogens is 1. The monoisotopic (exact) mass is 329 g/mol. The molecule has 1 amide bonds. The maximum absolute atomic E-state index is 12.6. The van der Waals surface area contributed by atoms with E-state index in [1.165, 1.54) is 11.1 Å². The van der Waals surface area contributed by atoms with E-state index in [2.05, 4.69) is 46.6 Å². The van der Waals surface area contributed by atoms with Gasteiger partial charge in [-0.15, -0.1) is 0 Å². The number of rotatable bonds is 6. The molecule has 130 valence electrons. The minimum absolute atomic E-state index is 0.109. The Balaban J connectivity index is 2.14. The Morgan fingerprint density at radius 2 is 1.83 bits per heavy atom. The van der Waals surface area contributed by atoms with Gasteiger partial charge in [0.15, 0.2) is 5.76 Å². The molecule has 0 saturated heterocycles. The molecule has 0 aliphatic rings. The number of likely N-dealkylation sites (N-methyl/N-ethyl adjacent to an activating group) is 1. The molecule has 1 atom stereocenters. The van der Waals surface area contributed by atoms with Crippen molar-refractivity contribution in [1.82, 2.24) is 15.4 Å². The van der Waals surface area contributed by atoms with E-state index in [4.69, 9.17) is 4.52 Å². The van der Waals surface area contributed by atoms with Crippen LogP contribution < -0.4 is 5.32 Å². The van der Waals surface area contributed by atoms with Gasteiger partial charge in [0.1, 0.15) is 5.56 Å². The zero-order valence-corrected chi connectivity index (χ0v) is 15.4. The average Bonchev–Trinajstić information content (AvgIpc) is 2.90. The fourth-order valence-electron chi connectivity index (χ4n) is 2.72. The van der Waals surface area contributed by atoms with Crippen molar-refractivity contribution >= 4 is 5.91 Å². The Bertz CT molecular complexity index is 687. The number of carbonyl (C=O) groups excluding carboxylic acids is 1. The molecule has 1 heterocycles. The van der Waals surface area contributed by atoms with Gasteiger partial charge in [-0.05, 0) is 33.5 Å². The Morgan fingerprint density at radius 3 is 2.38 bits per heavy atom. The second kappa shape index (κ2) is 7.62. The SMILES string of the molecule is Cc1ccc([C@H](CNC(=O)c2c(C)noc2C(C)C)N(C)C)cc1. The van der Waals surface area contributed by atoms with E-state index < -0.39 is 0 Å². The van der Waals surface area contributed by atoms with E-state index in [-0.39, 0.29) is 17.9 Å². The first kappa shape index (κ1) is 18.2. The molecule has 5 heteroatoms. The summed E-state index contributed by atoms with van der Waals surface area (Å²) in [6, 6.07) is 8.51. The van der Waals surface area contributed by atoms with Crippen LogP contribution >= 0.6 is 0 Å². The first-order valence-electron chi connectivity index (χ1n) is 8.28. The number of amides is 1.